The van der Waals surface area contributed by atoms with Crippen LogP contribution >= 0.6 is 0 Å². The van der Waals surface area contributed by atoms with Crippen molar-refractivity contribution in [3.8, 4) is 0 Å². The summed E-state index contributed by atoms with van der Waals surface area (Å²) in [5, 5.41) is 0. The number of ether oxygens (including phenoxy) is 1. The third-order valence-electron chi connectivity index (χ3n) is 4.32. The molecule has 1 aliphatic rings. The second kappa shape index (κ2) is 6.46. The van der Waals surface area contributed by atoms with E-state index in [2.05, 4.69) is 56.9 Å². The molecule has 0 radical (unpaired) electrons. The molecule has 0 spiro atoms. The average Bonchev–Trinajstić information content (AvgIpc) is 3.00. The van der Waals surface area contributed by atoms with Crippen LogP contribution in [0.25, 0.3) is 0 Å². The van der Waals surface area contributed by atoms with Gasteiger partial charge in [-0.15, -0.1) is 0 Å². The zero-order chi connectivity index (χ0) is 16.4. The molecule has 4 nitrogen and oxygen atoms in total. The Kier molecular flexibility index (Phi) is 4.55. The summed E-state index contributed by atoms with van der Waals surface area (Å²) >= 11 is 0. The van der Waals surface area contributed by atoms with Crippen molar-refractivity contribution in [1.82, 2.24) is 9.88 Å². The molecule has 1 aliphatic heterocycles. The molecule has 4 heteroatoms. The lowest BCUT2D eigenvalue weighted by Gasteiger charge is -2.33. The zero-order valence-electron chi connectivity index (χ0n) is 14.5. The van der Waals surface area contributed by atoms with Crippen LogP contribution in [0.2, 0.25) is 0 Å². The van der Waals surface area contributed by atoms with Crippen LogP contribution in [-0.4, -0.2) is 29.6 Å². The summed E-state index contributed by atoms with van der Waals surface area (Å²) in [6.45, 7) is 11.7. The van der Waals surface area contributed by atoms with Gasteiger partial charge in [0.2, 0.25) is 5.89 Å². The second-order valence-electron chi connectivity index (χ2n) is 7.37. The molecule has 1 aromatic carbocycles. The van der Waals surface area contributed by atoms with Crippen LogP contribution in [0, 0.1) is 6.92 Å². The normalized spacial score (nSPS) is 19.9. The maximum absolute atomic E-state index is 5.78. The highest BCUT2D eigenvalue weighted by Crippen LogP contribution is 2.28. The Morgan fingerprint density at radius 2 is 1.96 bits per heavy atom. The highest BCUT2D eigenvalue weighted by Gasteiger charge is 2.30. The van der Waals surface area contributed by atoms with E-state index in [-0.39, 0.29) is 11.5 Å². The van der Waals surface area contributed by atoms with Gasteiger partial charge in [-0.2, -0.15) is 0 Å². The zero-order valence-corrected chi connectivity index (χ0v) is 14.5. The van der Waals surface area contributed by atoms with Crippen molar-refractivity contribution >= 4 is 0 Å². The number of aromatic nitrogens is 1. The number of aryl methyl sites for hydroxylation is 1. The molecular formula is C19H26N2O2. The highest BCUT2D eigenvalue weighted by molar-refractivity contribution is 5.21. The van der Waals surface area contributed by atoms with Crippen LogP contribution in [0.5, 0.6) is 0 Å². The summed E-state index contributed by atoms with van der Waals surface area (Å²) in [5.74, 6) is 0.765. The molecule has 0 bridgehead atoms. The molecule has 1 saturated heterocycles. The summed E-state index contributed by atoms with van der Waals surface area (Å²) in [7, 11) is 0. The van der Waals surface area contributed by atoms with Gasteiger partial charge in [-0.1, -0.05) is 50.6 Å². The molecule has 3 rings (SSSR count). The topological polar surface area (TPSA) is 38.5 Å². The van der Waals surface area contributed by atoms with Crippen molar-refractivity contribution in [2.45, 2.75) is 45.7 Å². The van der Waals surface area contributed by atoms with Crippen molar-refractivity contribution in [1.29, 1.82) is 0 Å². The van der Waals surface area contributed by atoms with E-state index in [9.17, 15) is 0 Å². The van der Waals surface area contributed by atoms with Crippen LogP contribution in [0.15, 0.2) is 34.9 Å². The standard InChI is InChI=1S/C19H26N2O2/c1-14-5-7-15(8-6-14)11-21-9-10-22-12-16(21)18-20-17(13-23-18)19(2,3)4/h5-8,13,16H,9-12H2,1-4H3. The lowest BCUT2D eigenvalue weighted by Crippen LogP contribution is -2.39. The molecule has 1 atom stereocenters. The Morgan fingerprint density at radius 3 is 2.61 bits per heavy atom. The first-order valence-electron chi connectivity index (χ1n) is 8.27. The van der Waals surface area contributed by atoms with Gasteiger partial charge in [-0.05, 0) is 12.5 Å². The summed E-state index contributed by atoms with van der Waals surface area (Å²) in [5.41, 5.74) is 3.59. The lowest BCUT2D eigenvalue weighted by molar-refractivity contribution is -0.0223. The van der Waals surface area contributed by atoms with E-state index in [0.29, 0.717) is 6.61 Å². The van der Waals surface area contributed by atoms with Gasteiger partial charge in [-0.25, -0.2) is 4.98 Å². The SMILES string of the molecule is Cc1ccc(CN2CCOCC2c2nc(C(C)(C)C)co2)cc1. The fourth-order valence-corrected chi connectivity index (χ4v) is 2.77. The monoisotopic (exact) mass is 314 g/mol. The van der Waals surface area contributed by atoms with E-state index in [4.69, 9.17) is 14.1 Å². The van der Waals surface area contributed by atoms with E-state index in [1.807, 2.05) is 0 Å². The predicted molar refractivity (Wildman–Crippen MR) is 90.4 cm³/mol. The maximum Gasteiger partial charge on any atom is 0.214 e. The van der Waals surface area contributed by atoms with Crippen molar-refractivity contribution in [3.05, 3.63) is 53.2 Å². The van der Waals surface area contributed by atoms with Crippen molar-refractivity contribution in [2.24, 2.45) is 0 Å². The quantitative estimate of drug-likeness (QED) is 0.862. The fourth-order valence-electron chi connectivity index (χ4n) is 2.77. The predicted octanol–water partition coefficient (Wildman–Crippen LogP) is 3.85. The lowest BCUT2D eigenvalue weighted by atomic mass is 9.93. The van der Waals surface area contributed by atoms with Gasteiger partial charge in [0.15, 0.2) is 0 Å². The Balaban J connectivity index is 1.78. The van der Waals surface area contributed by atoms with E-state index >= 15 is 0 Å². The maximum atomic E-state index is 5.78. The summed E-state index contributed by atoms with van der Waals surface area (Å²) < 4.78 is 11.5. The van der Waals surface area contributed by atoms with Crippen molar-refractivity contribution in [2.75, 3.05) is 19.8 Å². The van der Waals surface area contributed by atoms with Gasteiger partial charge >= 0.3 is 0 Å². The van der Waals surface area contributed by atoms with E-state index < -0.39 is 0 Å². The van der Waals surface area contributed by atoms with Gasteiger partial charge < -0.3 is 9.15 Å². The van der Waals surface area contributed by atoms with Gasteiger partial charge in [0.05, 0.1) is 18.9 Å². The molecular weight excluding hydrogens is 288 g/mol. The smallest absolute Gasteiger partial charge is 0.214 e. The molecule has 124 valence electrons. The Bertz CT molecular complexity index is 640. The number of hydrogen-bond acceptors (Lipinski definition) is 4. The first kappa shape index (κ1) is 16.2. The molecule has 0 aliphatic carbocycles. The van der Waals surface area contributed by atoms with Crippen LogP contribution in [0.3, 0.4) is 0 Å². The van der Waals surface area contributed by atoms with Crippen LogP contribution < -0.4 is 0 Å². The molecule has 1 unspecified atom stereocenters. The van der Waals surface area contributed by atoms with Gasteiger partial charge in [-0.3, -0.25) is 4.90 Å². The highest BCUT2D eigenvalue weighted by atomic mass is 16.5. The third-order valence-corrected chi connectivity index (χ3v) is 4.32. The van der Waals surface area contributed by atoms with Crippen LogP contribution in [0.1, 0.15) is 49.5 Å². The summed E-state index contributed by atoms with van der Waals surface area (Å²) in [4.78, 5) is 7.12. The van der Waals surface area contributed by atoms with Crippen molar-refractivity contribution in [3.63, 3.8) is 0 Å². The number of hydrogen-bond donors (Lipinski definition) is 0. The second-order valence-corrected chi connectivity index (χ2v) is 7.37. The Morgan fingerprint density at radius 1 is 1.22 bits per heavy atom. The summed E-state index contributed by atoms with van der Waals surface area (Å²) in [6, 6.07) is 8.79. The largest absolute Gasteiger partial charge is 0.447 e. The minimum Gasteiger partial charge on any atom is -0.447 e. The number of benzene rings is 1. The number of nitrogens with zero attached hydrogens (tertiary/aromatic N) is 2. The van der Waals surface area contributed by atoms with Crippen LogP contribution in [0.4, 0.5) is 0 Å². The van der Waals surface area contributed by atoms with E-state index in [1.165, 1.54) is 11.1 Å². The molecule has 0 saturated carbocycles. The van der Waals surface area contributed by atoms with E-state index in [1.54, 1.807) is 6.26 Å². The van der Waals surface area contributed by atoms with Gasteiger partial charge in [0.25, 0.3) is 0 Å². The minimum atomic E-state index is -0.000932. The fraction of sp³-hybridized carbons (Fsp3) is 0.526. The number of oxazole rings is 1. The third kappa shape index (κ3) is 3.82. The average molecular weight is 314 g/mol. The van der Waals surface area contributed by atoms with Crippen molar-refractivity contribution < 1.29 is 9.15 Å². The molecule has 2 heterocycles. The molecule has 0 amide bonds. The first-order valence-corrected chi connectivity index (χ1v) is 8.27. The molecule has 23 heavy (non-hydrogen) atoms. The van der Waals surface area contributed by atoms with Gasteiger partial charge in [0.1, 0.15) is 12.3 Å². The minimum absolute atomic E-state index is 0.000932. The number of morpholine rings is 1. The Labute approximate surface area is 138 Å². The van der Waals surface area contributed by atoms with Crippen LogP contribution in [-0.2, 0) is 16.7 Å². The first-order chi connectivity index (χ1) is 10.9. The molecule has 2 aromatic rings. The van der Waals surface area contributed by atoms with Gasteiger partial charge in [0, 0.05) is 18.5 Å². The molecule has 0 N–H and O–H groups in total. The van der Waals surface area contributed by atoms with E-state index in [0.717, 1.165) is 31.3 Å². The molecule has 1 aromatic heterocycles. The Hall–Kier alpha value is -1.65. The molecule has 1 fully saturated rings. The number of rotatable bonds is 3. The summed E-state index contributed by atoms with van der Waals surface area (Å²) in [6.07, 6.45) is 1.79.